The number of methoxy groups -OCH3 is 1. The van der Waals surface area contributed by atoms with Gasteiger partial charge in [0.15, 0.2) is 0 Å². The molecule has 35 heavy (non-hydrogen) atoms. The quantitative estimate of drug-likeness (QED) is 0.656. The summed E-state index contributed by atoms with van der Waals surface area (Å²) in [5.41, 5.74) is 0.503. The van der Waals surface area contributed by atoms with Crippen LogP contribution in [0.15, 0.2) is 18.2 Å². The molecule has 10 nitrogen and oxygen atoms in total. The summed E-state index contributed by atoms with van der Waals surface area (Å²) in [6.45, 7) is 6.06. The molecule has 0 radical (unpaired) electrons. The number of benzene rings is 1. The minimum absolute atomic E-state index is 0.0429. The minimum atomic E-state index is -3.52. The van der Waals surface area contributed by atoms with Crippen molar-refractivity contribution in [3.8, 4) is 5.75 Å². The van der Waals surface area contributed by atoms with Crippen LogP contribution in [0.5, 0.6) is 5.75 Å². The Morgan fingerprint density at radius 1 is 1.17 bits per heavy atom. The fourth-order valence-corrected chi connectivity index (χ4v) is 5.10. The fraction of sp³-hybridized carbons (Fsp3) is 0.667. The van der Waals surface area contributed by atoms with Crippen molar-refractivity contribution in [1.29, 1.82) is 0 Å². The Balaban J connectivity index is 1.95. The van der Waals surface area contributed by atoms with Crippen molar-refractivity contribution in [2.24, 2.45) is 11.8 Å². The fourth-order valence-electron chi connectivity index (χ4n) is 4.54. The highest BCUT2D eigenvalue weighted by Crippen LogP contribution is 2.28. The van der Waals surface area contributed by atoms with Gasteiger partial charge in [-0.25, -0.2) is 8.42 Å². The van der Waals surface area contributed by atoms with Crippen LogP contribution in [0.2, 0.25) is 0 Å². The molecule has 1 fully saturated rings. The van der Waals surface area contributed by atoms with Gasteiger partial charge in [-0.1, -0.05) is 6.92 Å². The maximum atomic E-state index is 13.5. The second-order valence-corrected chi connectivity index (χ2v) is 11.3. The van der Waals surface area contributed by atoms with E-state index in [4.69, 9.17) is 14.2 Å². The Labute approximate surface area is 207 Å². The molecule has 11 heteroatoms. The van der Waals surface area contributed by atoms with E-state index in [1.54, 1.807) is 26.3 Å². The minimum Gasteiger partial charge on any atom is -0.491 e. The van der Waals surface area contributed by atoms with E-state index < -0.39 is 10.0 Å². The highest BCUT2D eigenvalue weighted by molar-refractivity contribution is 7.92. The van der Waals surface area contributed by atoms with Gasteiger partial charge in [0, 0.05) is 58.0 Å². The number of carbonyl (C=O) groups excluding carboxylic acids is 2. The van der Waals surface area contributed by atoms with E-state index >= 15 is 0 Å². The molecule has 2 aliphatic rings. The summed E-state index contributed by atoms with van der Waals surface area (Å²) in [5.74, 6) is -0.0313. The van der Waals surface area contributed by atoms with Crippen LogP contribution in [0.25, 0.3) is 0 Å². The SMILES string of the molecule is CO[C@@H]1CN(C)C(=O)c2cc(NS(C)(=O)=O)ccc2OC[C@H](C)N(C(=O)C2CCOCC2)C[C@@H]1C. The second-order valence-electron chi connectivity index (χ2n) is 9.56. The molecule has 1 aromatic carbocycles. The molecule has 2 amide bonds. The molecule has 2 aliphatic heterocycles. The highest BCUT2D eigenvalue weighted by atomic mass is 32.2. The third-order valence-corrected chi connectivity index (χ3v) is 7.21. The molecule has 0 bridgehead atoms. The maximum absolute atomic E-state index is 13.5. The van der Waals surface area contributed by atoms with Crippen LogP contribution >= 0.6 is 0 Å². The first-order valence-electron chi connectivity index (χ1n) is 11.9. The van der Waals surface area contributed by atoms with Gasteiger partial charge in [-0.05, 0) is 38.0 Å². The lowest BCUT2D eigenvalue weighted by Crippen LogP contribution is -2.50. The van der Waals surface area contributed by atoms with Crippen molar-refractivity contribution in [2.75, 3.05) is 58.0 Å². The zero-order chi connectivity index (χ0) is 25.8. The van der Waals surface area contributed by atoms with E-state index in [0.29, 0.717) is 44.9 Å². The van der Waals surface area contributed by atoms with Crippen molar-refractivity contribution in [3.63, 3.8) is 0 Å². The van der Waals surface area contributed by atoms with E-state index in [-0.39, 0.29) is 53.7 Å². The molecular formula is C24H37N3O7S. The number of hydrogen-bond acceptors (Lipinski definition) is 7. The van der Waals surface area contributed by atoms with Crippen LogP contribution < -0.4 is 9.46 Å². The first-order chi connectivity index (χ1) is 16.5. The summed E-state index contributed by atoms with van der Waals surface area (Å²) >= 11 is 0. The number of hydrogen-bond donors (Lipinski definition) is 1. The summed E-state index contributed by atoms with van der Waals surface area (Å²) in [5, 5.41) is 0. The summed E-state index contributed by atoms with van der Waals surface area (Å²) < 4.78 is 43.1. The average molecular weight is 512 g/mol. The van der Waals surface area contributed by atoms with Crippen molar-refractivity contribution >= 4 is 27.5 Å². The Bertz CT molecular complexity index is 1010. The molecule has 1 aromatic rings. The summed E-state index contributed by atoms with van der Waals surface area (Å²) in [4.78, 5) is 30.2. The van der Waals surface area contributed by atoms with E-state index in [9.17, 15) is 18.0 Å². The number of ether oxygens (including phenoxy) is 3. The molecule has 0 spiro atoms. The second kappa shape index (κ2) is 11.6. The number of likely N-dealkylation sites (N-methyl/N-ethyl adjacent to an activating group) is 1. The molecule has 1 saturated heterocycles. The predicted molar refractivity (Wildman–Crippen MR) is 132 cm³/mol. The van der Waals surface area contributed by atoms with Gasteiger partial charge in [0.2, 0.25) is 15.9 Å². The van der Waals surface area contributed by atoms with Crippen LogP contribution in [0.1, 0.15) is 37.0 Å². The number of nitrogens with one attached hydrogen (secondary N) is 1. The number of amides is 2. The zero-order valence-corrected chi connectivity index (χ0v) is 22.0. The Morgan fingerprint density at radius 2 is 1.86 bits per heavy atom. The van der Waals surface area contributed by atoms with Gasteiger partial charge >= 0.3 is 0 Å². The van der Waals surface area contributed by atoms with Crippen LogP contribution in [-0.4, -0.2) is 95.5 Å². The molecule has 2 heterocycles. The summed E-state index contributed by atoms with van der Waals surface area (Å²) in [6.07, 6.45) is 2.14. The zero-order valence-electron chi connectivity index (χ0n) is 21.2. The number of sulfonamides is 1. The molecule has 0 saturated carbocycles. The van der Waals surface area contributed by atoms with Crippen LogP contribution in [-0.2, 0) is 24.3 Å². The Hall–Kier alpha value is -2.37. The van der Waals surface area contributed by atoms with Gasteiger partial charge in [-0.2, -0.15) is 0 Å². The van der Waals surface area contributed by atoms with Crippen LogP contribution in [0.4, 0.5) is 5.69 Å². The predicted octanol–water partition coefficient (Wildman–Crippen LogP) is 1.82. The molecule has 196 valence electrons. The number of fused-ring (bicyclic) bond motifs is 1. The number of anilines is 1. The largest absolute Gasteiger partial charge is 0.491 e. The molecule has 3 rings (SSSR count). The summed E-state index contributed by atoms with van der Waals surface area (Å²) in [7, 11) is -0.251. The molecule has 0 unspecified atom stereocenters. The van der Waals surface area contributed by atoms with Gasteiger partial charge in [0.25, 0.3) is 5.91 Å². The lowest BCUT2D eigenvalue weighted by atomic mass is 9.95. The van der Waals surface area contributed by atoms with Crippen molar-refractivity contribution in [3.05, 3.63) is 23.8 Å². The van der Waals surface area contributed by atoms with Gasteiger partial charge in [0.05, 0.1) is 24.0 Å². The van der Waals surface area contributed by atoms with Crippen LogP contribution in [0, 0.1) is 11.8 Å². The lowest BCUT2D eigenvalue weighted by Gasteiger charge is -2.38. The van der Waals surface area contributed by atoms with Crippen molar-refractivity contribution < 1.29 is 32.2 Å². The van der Waals surface area contributed by atoms with Gasteiger partial charge in [0.1, 0.15) is 12.4 Å². The average Bonchev–Trinajstić information content (AvgIpc) is 2.82. The lowest BCUT2D eigenvalue weighted by molar-refractivity contribution is -0.142. The standard InChI is InChI=1S/C24H37N3O7S/c1-16-13-27(23(28)18-8-10-33-11-9-18)17(2)15-34-21-7-6-19(25-35(5,30)31)12-20(21)24(29)26(3)14-22(16)32-4/h6-7,12,16-18,22,25H,8-11,13-15H2,1-5H3/t16-,17-,22+/m0/s1. The summed E-state index contributed by atoms with van der Waals surface area (Å²) in [6, 6.07) is 4.35. The molecule has 1 N–H and O–H groups in total. The number of carbonyl (C=O) groups is 2. The number of nitrogens with zero attached hydrogens (tertiary/aromatic N) is 2. The third kappa shape index (κ3) is 7.08. The van der Waals surface area contributed by atoms with E-state index in [1.807, 2.05) is 18.7 Å². The molecule has 0 aromatic heterocycles. The third-order valence-electron chi connectivity index (χ3n) is 6.60. The molecule has 0 aliphatic carbocycles. The first kappa shape index (κ1) is 27.2. The van der Waals surface area contributed by atoms with Crippen molar-refractivity contribution in [1.82, 2.24) is 9.80 Å². The van der Waals surface area contributed by atoms with E-state index in [0.717, 1.165) is 6.26 Å². The van der Waals surface area contributed by atoms with Gasteiger partial charge in [-0.3, -0.25) is 14.3 Å². The number of rotatable bonds is 4. The molecular weight excluding hydrogens is 474 g/mol. The monoisotopic (exact) mass is 511 g/mol. The van der Waals surface area contributed by atoms with Gasteiger partial charge in [-0.15, -0.1) is 0 Å². The molecule has 3 atom stereocenters. The van der Waals surface area contributed by atoms with Crippen LogP contribution in [0.3, 0.4) is 0 Å². The topological polar surface area (TPSA) is 114 Å². The smallest absolute Gasteiger partial charge is 0.257 e. The van der Waals surface area contributed by atoms with Gasteiger partial charge < -0.3 is 24.0 Å². The Morgan fingerprint density at radius 3 is 2.49 bits per heavy atom. The maximum Gasteiger partial charge on any atom is 0.257 e. The highest BCUT2D eigenvalue weighted by Gasteiger charge is 2.33. The van der Waals surface area contributed by atoms with E-state index in [2.05, 4.69) is 4.72 Å². The van der Waals surface area contributed by atoms with E-state index in [1.165, 1.54) is 11.0 Å². The Kier molecular flexibility index (Phi) is 9.00. The van der Waals surface area contributed by atoms with Crippen molar-refractivity contribution in [2.45, 2.75) is 38.8 Å². The normalized spacial score (nSPS) is 25.2. The first-order valence-corrected chi connectivity index (χ1v) is 13.8.